The number of amides is 1. The number of anilines is 1. The molecule has 0 spiro atoms. The van der Waals surface area contributed by atoms with Crippen molar-refractivity contribution in [2.75, 3.05) is 25.0 Å². The number of ether oxygens (including phenoxy) is 1. The summed E-state index contributed by atoms with van der Waals surface area (Å²) >= 11 is 0. The van der Waals surface area contributed by atoms with Crippen molar-refractivity contribution in [2.24, 2.45) is 14.1 Å². The van der Waals surface area contributed by atoms with Crippen LogP contribution in [-0.4, -0.2) is 68.0 Å². The fourth-order valence-electron chi connectivity index (χ4n) is 3.94. The lowest BCUT2D eigenvalue weighted by Crippen LogP contribution is -2.33. The number of β-amino-alcohol motifs (C(OH)–C–C–N with tert-alkyl or cyclic N) is 1. The van der Waals surface area contributed by atoms with E-state index in [9.17, 15) is 19.5 Å². The second kappa shape index (κ2) is 8.48. The van der Waals surface area contributed by atoms with E-state index in [1.165, 1.54) is 16.7 Å². The first-order valence-electron chi connectivity index (χ1n) is 10.1. The minimum atomic E-state index is -1.06. The summed E-state index contributed by atoms with van der Waals surface area (Å²) < 4.78 is 8.82. The number of nitrogens with zero attached hydrogens (tertiary/aromatic N) is 3. The second-order valence-corrected chi connectivity index (χ2v) is 7.90. The Morgan fingerprint density at radius 1 is 1.09 bits per heavy atom. The van der Waals surface area contributed by atoms with Gasteiger partial charge in [-0.2, -0.15) is 0 Å². The van der Waals surface area contributed by atoms with E-state index in [1.807, 2.05) is 0 Å². The summed E-state index contributed by atoms with van der Waals surface area (Å²) in [7, 11) is 3.37. The molecule has 1 aromatic heterocycles. The first kappa shape index (κ1) is 21.6. The van der Waals surface area contributed by atoms with Gasteiger partial charge in [0.1, 0.15) is 18.0 Å². The number of carboxylic acids is 1. The number of carbonyl (C=O) groups is 2. The van der Waals surface area contributed by atoms with Gasteiger partial charge in [-0.15, -0.1) is 0 Å². The third-order valence-electron chi connectivity index (χ3n) is 5.60. The summed E-state index contributed by atoms with van der Waals surface area (Å²) in [4.78, 5) is 37.5. The maximum Gasteiger partial charge on any atom is 0.335 e. The number of aryl methyl sites for hydroxylation is 2. The number of carboxylic acid groups (broad SMARTS) is 1. The van der Waals surface area contributed by atoms with Gasteiger partial charge in [0.2, 0.25) is 5.91 Å². The fraction of sp³-hybridized carbons (Fsp3) is 0.318. The highest BCUT2D eigenvalue weighted by Crippen LogP contribution is 2.21. The highest BCUT2D eigenvalue weighted by molar-refractivity contribution is 5.94. The van der Waals surface area contributed by atoms with Crippen LogP contribution in [0.4, 0.5) is 5.69 Å². The average Bonchev–Trinajstić information content (AvgIpc) is 3.19. The Bertz CT molecular complexity index is 1250. The van der Waals surface area contributed by atoms with Gasteiger partial charge in [0.05, 0.1) is 23.1 Å². The minimum Gasteiger partial charge on any atom is -0.486 e. The lowest BCUT2D eigenvalue weighted by Gasteiger charge is -2.17. The lowest BCUT2D eigenvalue weighted by atomic mass is 10.2. The summed E-state index contributed by atoms with van der Waals surface area (Å²) in [5.41, 5.74) is 2.00. The van der Waals surface area contributed by atoms with Crippen LogP contribution in [0.5, 0.6) is 5.75 Å². The Morgan fingerprint density at radius 2 is 1.84 bits per heavy atom. The van der Waals surface area contributed by atoms with Crippen molar-refractivity contribution >= 4 is 28.6 Å². The third kappa shape index (κ3) is 4.23. The Kier molecular flexibility index (Phi) is 5.72. The van der Waals surface area contributed by atoms with Crippen LogP contribution >= 0.6 is 0 Å². The SMILES string of the molecule is Cn1c(=O)n(C)c2cc(NC(=O)CN3C[C@@H](O)[C@H](Oc4cccc(C(=O)O)c4)C3)ccc21. The van der Waals surface area contributed by atoms with Crippen molar-refractivity contribution < 1.29 is 24.5 Å². The number of hydrogen-bond acceptors (Lipinski definition) is 6. The summed E-state index contributed by atoms with van der Waals surface area (Å²) in [5.74, 6) is -0.970. The molecule has 2 heterocycles. The maximum atomic E-state index is 12.5. The predicted octanol–water partition coefficient (Wildman–Crippen LogP) is 0.638. The smallest absolute Gasteiger partial charge is 0.335 e. The summed E-state index contributed by atoms with van der Waals surface area (Å²) in [6.45, 7) is 0.624. The van der Waals surface area contributed by atoms with Crippen molar-refractivity contribution in [3.8, 4) is 5.75 Å². The van der Waals surface area contributed by atoms with E-state index in [4.69, 9.17) is 9.84 Å². The maximum absolute atomic E-state index is 12.5. The molecule has 2 atom stereocenters. The van der Waals surface area contributed by atoms with Gasteiger partial charge >= 0.3 is 11.7 Å². The largest absolute Gasteiger partial charge is 0.486 e. The van der Waals surface area contributed by atoms with E-state index < -0.39 is 18.2 Å². The van der Waals surface area contributed by atoms with E-state index >= 15 is 0 Å². The molecule has 168 valence electrons. The number of fused-ring (bicyclic) bond motifs is 1. The summed E-state index contributed by atoms with van der Waals surface area (Å²) in [5, 5.41) is 22.3. The summed E-state index contributed by atoms with van der Waals surface area (Å²) in [6.07, 6.45) is -1.39. The number of aromatic carboxylic acids is 1. The molecule has 4 rings (SSSR count). The van der Waals surface area contributed by atoms with Crippen LogP contribution in [0.3, 0.4) is 0 Å². The van der Waals surface area contributed by atoms with Crippen LogP contribution in [0.15, 0.2) is 47.3 Å². The normalized spacial score (nSPS) is 18.7. The van der Waals surface area contributed by atoms with Crippen molar-refractivity contribution in [1.29, 1.82) is 0 Å². The first-order chi connectivity index (χ1) is 15.2. The van der Waals surface area contributed by atoms with Crippen molar-refractivity contribution in [3.63, 3.8) is 0 Å². The zero-order chi connectivity index (χ0) is 23.0. The van der Waals surface area contributed by atoms with Crippen LogP contribution in [0.1, 0.15) is 10.4 Å². The zero-order valence-electron chi connectivity index (χ0n) is 17.7. The molecule has 3 aromatic rings. The number of benzene rings is 2. The molecular formula is C22H24N4O6. The van der Waals surface area contributed by atoms with Crippen LogP contribution < -0.4 is 15.7 Å². The molecule has 0 aliphatic carbocycles. The molecule has 0 saturated carbocycles. The Balaban J connectivity index is 1.37. The molecule has 0 bridgehead atoms. The van der Waals surface area contributed by atoms with Crippen LogP contribution in [0.25, 0.3) is 11.0 Å². The van der Waals surface area contributed by atoms with E-state index in [-0.39, 0.29) is 30.2 Å². The minimum absolute atomic E-state index is 0.0534. The number of rotatable bonds is 6. The Hall–Kier alpha value is -3.63. The molecule has 0 radical (unpaired) electrons. The fourth-order valence-corrected chi connectivity index (χ4v) is 3.94. The zero-order valence-corrected chi connectivity index (χ0v) is 17.7. The molecule has 1 amide bonds. The number of nitrogens with one attached hydrogen (secondary N) is 1. The van der Waals surface area contributed by atoms with E-state index in [1.54, 1.807) is 53.9 Å². The van der Waals surface area contributed by atoms with Crippen LogP contribution in [-0.2, 0) is 18.9 Å². The number of imidazole rings is 1. The van der Waals surface area contributed by atoms with Crippen LogP contribution in [0, 0.1) is 0 Å². The summed E-state index contributed by atoms with van der Waals surface area (Å²) in [6, 6.07) is 11.3. The van der Waals surface area contributed by atoms with Gasteiger partial charge in [0, 0.05) is 32.9 Å². The lowest BCUT2D eigenvalue weighted by molar-refractivity contribution is -0.117. The van der Waals surface area contributed by atoms with E-state index in [2.05, 4.69) is 5.32 Å². The van der Waals surface area contributed by atoms with Gasteiger partial charge in [-0.05, 0) is 36.4 Å². The monoisotopic (exact) mass is 440 g/mol. The van der Waals surface area contributed by atoms with Crippen molar-refractivity contribution in [2.45, 2.75) is 12.2 Å². The number of aliphatic hydroxyl groups is 1. The first-order valence-corrected chi connectivity index (χ1v) is 10.1. The van der Waals surface area contributed by atoms with Gasteiger partial charge in [0.25, 0.3) is 0 Å². The number of aliphatic hydroxyl groups excluding tert-OH is 1. The Morgan fingerprint density at radius 3 is 2.59 bits per heavy atom. The molecule has 10 heteroatoms. The highest BCUT2D eigenvalue weighted by Gasteiger charge is 2.34. The average molecular weight is 440 g/mol. The number of aromatic nitrogens is 2. The third-order valence-corrected chi connectivity index (χ3v) is 5.60. The van der Waals surface area contributed by atoms with E-state index in [0.29, 0.717) is 23.5 Å². The standard InChI is InChI=1S/C22H24N4O6/c1-24-16-7-6-14(9-17(16)25(2)22(24)31)23-20(28)12-26-10-18(27)19(11-26)32-15-5-3-4-13(8-15)21(29)30/h3-9,18-19,27H,10-12H2,1-2H3,(H,23,28)(H,29,30)/t18-,19-/m1/s1. The highest BCUT2D eigenvalue weighted by atomic mass is 16.5. The Labute approximate surface area is 183 Å². The molecular weight excluding hydrogens is 416 g/mol. The molecule has 0 unspecified atom stereocenters. The molecule has 2 aromatic carbocycles. The topological polar surface area (TPSA) is 126 Å². The number of hydrogen-bond donors (Lipinski definition) is 3. The number of likely N-dealkylation sites (tertiary alicyclic amines) is 1. The van der Waals surface area contributed by atoms with Gasteiger partial charge in [-0.25, -0.2) is 9.59 Å². The van der Waals surface area contributed by atoms with Gasteiger partial charge in [-0.3, -0.25) is 18.8 Å². The predicted molar refractivity (Wildman–Crippen MR) is 117 cm³/mol. The van der Waals surface area contributed by atoms with Crippen molar-refractivity contribution in [3.05, 3.63) is 58.5 Å². The van der Waals surface area contributed by atoms with Gasteiger partial charge in [0.15, 0.2) is 0 Å². The van der Waals surface area contributed by atoms with Gasteiger partial charge in [-0.1, -0.05) is 6.07 Å². The molecule has 32 heavy (non-hydrogen) atoms. The molecule has 10 nitrogen and oxygen atoms in total. The second-order valence-electron chi connectivity index (χ2n) is 7.90. The van der Waals surface area contributed by atoms with E-state index in [0.717, 1.165) is 5.52 Å². The van der Waals surface area contributed by atoms with Crippen LogP contribution in [0.2, 0.25) is 0 Å². The molecule has 1 aliphatic rings. The number of carbonyl (C=O) groups excluding carboxylic acids is 1. The molecule has 1 fully saturated rings. The molecule has 3 N–H and O–H groups in total. The van der Waals surface area contributed by atoms with Crippen molar-refractivity contribution in [1.82, 2.24) is 14.0 Å². The molecule has 1 saturated heterocycles. The molecule has 1 aliphatic heterocycles. The van der Waals surface area contributed by atoms with Gasteiger partial charge < -0.3 is 20.3 Å². The quantitative estimate of drug-likeness (QED) is 0.513.